The van der Waals surface area contributed by atoms with Gasteiger partial charge in [0.1, 0.15) is 5.75 Å². The number of halogens is 1. The first-order valence-electron chi connectivity index (χ1n) is 6.09. The summed E-state index contributed by atoms with van der Waals surface area (Å²) in [5.41, 5.74) is 0. The maximum absolute atomic E-state index is 11.8. The van der Waals surface area contributed by atoms with Gasteiger partial charge in [0.2, 0.25) is 0 Å². The summed E-state index contributed by atoms with van der Waals surface area (Å²) in [4.78, 5) is 23.1. The molecule has 0 fully saturated rings. The highest BCUT2D eigenvalue weighted by Crippen LogP contribution is 2.19. The number of ketones is 1. The summed E-state index contributed by atoms with van der Waals surface area (Å²) < 4.78 is 6.37. The van der Waals surface area contributed by atoms with Crippen molar-refractivity contribution >= 4 is 34.3 Å². The van der Waals surface area contributed by atoms with E-state index in [0.29, 0.717) is 5.75 Å². The Morgan fingerprint density at radius 1 is 1.32 bits per heavy atom. The van der Waals surface area contributed by atoms with E-state index in [1.165, 1.54) is 6.92 Å². The van der Waals surface area contributed by atoms with Gasteiger partial charge in [0.05, 0.1) is 9.61 Å². The number of nitrogens with one attached hydrogen (secondary N) is 1. The van der Waals surface area contributed by atoms with Crippen LogP contribution in [0.4, 0.5) is 0 Å². The van der Waals surface area contributed by atoms with Crippen molar-refractivity contribution in [1.29, 1.82) is 0 Å². The van der Waals surface area contributed by atoms with Crippen molar-refractivity contribution in [2.24, 2.45) is 5.92 Å². The molecule has 0 aliphatic carbocycles. The quantitative estimate of drug-likeness (QED) is 0.777. The van der Waals surface area contributed by atoms with Gasteiger partial charge in [-0.3, -0.25) is 9.59 Å². The molecule has 104 valence electrons. The number of ether oxygens (including phenoxy) is 1. The smallest absolute Gasteiger partial charge is 0.258 e. The standard InChI is InChI=1S/C14H18INO3/c1-9(2)14(10(3)17)16-13(18)8-19-12-7-5-4-6-11(12)15/h4-7,9,14H,8H2,1-3H3,(H,16,18). The maximum Gasteiger partial charge on any atom is 0.258 e. The molecule has 1 unspecified atom stereocenters. The normalized spacial score (nSPS) is 12.1. The molecule has 19 heavy (non-hydrogen) atoms. The SMILES string of the molecule is CC(=O)C(NC(=O)COc1ccccc1I)C(C)C. The molecular formula is C14H18INO3. The summed E-state index contributed by atoms with van der Waals surface area (Å²) in [6.45, 7) is 5.18. The highest BCUT2D eigenvalue weighted by molar-refractivity contribution is 14.1. The number of Topliss-reactive ketones (excluding diaryl/α,β-unsaturated/α-hetero) is 1. The molecular weight excluding hydrogens is 357 g/mol. The number of hydrogen-bond acceptors (Lipinski definition) is 3. The molecule has 0 aromatic heterocycles. The van der Waals surface area contributed by atoms with E-state index < -0.39 is 6.04 Å². The van der Waals surface area contributed by atoms with Gasteiger partial charge in [-0.1, -0.05) is 26.0 Å². The van der Waals surface area contributed by atoms with Gasteiger partial charge >= 0.3 is 0 Å². The summed E-state index contributed by atoms with van der Waals surface area (Å²) in [7, 11) is 0. The fourth-order valence-electron chi connectivity index (χ4n) is 1.66. The van der Waals surface area contributed by atoms with Crippen molar-refractivity contribution in [2.45, 2.75) is 26.8 Å². The van der Waals surface area contributed by atoms with Crippen LogP contribution in [0.15, 0.2) is 24.3 Å². The second-order valence-electron chi connectivity index (χ2n) is 4.62. The van der Waals surface area contributed by atoms with Crippen molar-refractivity contribution in [3.8, 4) is 5.75 Å². The lowest BCUT2D eigenvalue weighted by Crippen LogP contribution is -2.45. The largest absolute Gasteiger partial charge is 0.483 e. The molecule has 5 heteroatoms. The first kappa shape index (κ1) is 15.9. The van der Waals surface area contributed by atoms with Gasteiger partial charge in [0, 0.05) is 0 Å². The van der Waals surface area contributed by atoms with Crippen LogP contribution < -0.4 is 10.1 Å². The van der Waals surface area contributed by atoms with E-state index in [1.54, 1.807) is 6.07 Å². The third-order valence-electron chi connectivity index (χ3n) is 2.62. The van der Waals surface area contributed by atoms with E-state index in [-0.39, 0.29) is 24.2 Å². The average Bonchev–Trinajstić information content (AvgIpc) is 2.34. The van der Waals surface area contributed by atoms with E-state index in [1.807, 2.05) is 32.0 Å². The lowest BCUT2D eigenvalue weighted by Gasteiger charge is -2.19. The number of para-hydroxylation sites is 1. The van der Waals surface area contributed by atoms with Crippen LogP contribution in [0, 0.1) is 9.49 Å². The number of carbonyl (C=O) groups is 2. The number of amides is 1. The van der Waals surface area contributed by atoms with Gasteiger partial charge in [-0.2, -0.15) is 0 Å². The molecule has 0 saturated carbocycles. The fraction of sp³-hybridized carbons (Fsp3) is 0.429. The van der Waals surface area contributed by atoms with Crippen LogP contribution in [-0.4, -0.2) is 24.3 Å². The van der Waals surface area contributed by atoms with Crippen LogP contribution in [0.2, 0.25) is 0 Å². The minimum absolute atomic E-state index is 0.0439. The Bertz CT molecular complexity index is 460. The van der Waals surface area contributed by atoms with Gasteiger partial charge < -0.3 is 10.1 Å². The molecule has 4 nitrogen and oxygen atoms in total. The summed E-state index contributed by atoms with van der Waals surface area (Å²) >= 11 is 2.14. The molecule has 0 aliphatic heterocycles. The Morgan fingerprint density at radius 2 is 1.95 bits per heavy atom. The predicted molar refractivity (Wildman–Crippen MR) is 82.1 cm³/mol. The summed E-state index contributed by atoms with van der Waals surface area (Å²) in [6.07, 6.45) is 0. The van der Waals surface area contributed by atoms with E-state index in [9.17, 15) is 9.59 Å². The minimum atomic E-state index is -0.453. The Balaban J connectivity index is 2.52. The topological polar surface area (TPSA) is 55.4 Å². The molecule has 0 radical (unpaired) electrons. The van der Waals surface area contributed by atoms with E-state index >= 15 is 0 Å². The summed E-state index contributed by atoms with van der Waals surface area (Å²) in [5.74, 6) is 0.409. The van der Waals surface area contributed by atoms with Crippen molar-refractivity contribution < 1.29 is 14.3 Å². The zero-order valence-corrected chi connectivity index (χ0v) is 13.4. The van der Waals surface area contributed by atoms with E-state index in [4.69, 9.17) is 4.74 Å². The fourth-order valence-corrected chi connectivity index (χ4v) is 2.20. The first-order chi connectivity index (χ1) is 8.91. The Hall–Kier alpha value is -1.11. The van der Waals surface area contributed by atoms with Crippen LogP contribution in [0.5, 0.6) is 5.75 Å². The Morgan fingerprint density at radius 3 is 2.47 bits per heavy atom. The molecule has 1 N–H and O–H groups in total. The van der Waals surface area contributed by atoms with Gasteiger partial charge in [-0.25, -0.2) is 0 Å². The van der Waals surface area contributed by atoms with Crippen LogP contribution in [-0.2, 0) is 9.59 Å². The lowest BCUT2D eigenvalue weighted by molar-refractivity contribution is -0.129. The molecule has 0 spiro atoms. The van der Waals surface area contributed by atoms with Gasteiger partial charge in [0.15, 0.2) is 12.4 Å². The Kier molecular flexibility index (Phi) is 6.27. The first-order valence-corrected chi connectivity index (χ1v) is 7.17. The second kappa shape index (κ2) is 7.47. The van der Waals surface area contributed by atoms with Crippen molar-refractivity contribution in [3.63, 3.8) is 0 Å². The highest BCUT2D eigenvalue weighted by Gasteiger charge is 2.20. The third-order valence-corrected chi connectivity index (χ3v) is 3.51. The molecule has 1 rings (SSSR count). The molecule has 0 bridgehead atoms. The predicted octanol–water partition coefficient (Wildman–Crippen LogP) is 2.40. The van der Waals surface area contributed by atoms with Gasteiger partial charge in [-0.05, 0) is 47.6 Å². The zero-order valence-electron chi connectivity index (χ0n) is 11.3. The van der Waals surface area contributed by atoms with Crippen LogP contribution in [0.3, 0.4) is 0 Å². The molecule has 1 aromatic rings. The van der Waals surface area contributed by atoms with Crippen molar-refractivity contribution in [3.05, 3.63) is 27.8 Å². The maximum atomic E-state index is 11.8. The number of hydrogen-bond donors (Lipinski definition) is 1. The van der Waals surface area contributed by atoms with E-state index in [0.717, 1.165) is 3.57 Å². The van der Waals surface area contributed by atoms with Crippen LogP contribution in [0.25, 0.3) is 0 Å². The van der Waals surface area contributed by atoms with Crippen molar-refractivity contribution in [1.82, 2.24) is 5.32 Å². The third kappa shape index (κ3) is 5.18. The van der Waals surface area contributed by atoms with Gasteiger partial charge in [0.25, 0.3) is 5.91 Å². The monoisotopic (exact) mass is 375 g/mol. The number of rotatable bonds is 6. The van der Waals surface area contributed by atoms with Crippen LogP contribution >= 0.6 is 22.6 Å². The molecule has 1 amide bonds. The number of benzene rings is 1. The zero-order chi connectivity index (χ0) is 14.4. The lowest BCUT2D eigenvalue weighted by atomic mass is 10.0. The second-order valence-corrected chi connectivity index (χ2v) is 5.78. The average molecular weight is 375 g/mol. The molecule has 0 aliphatic rings. The van der Waals surface area contributed by atoms with Crippen molar-refractivity contribution in [2.75, 3.05) is 6.61 Å². The molecule has 1 aromatic carbocycles. The summed E-state index contributed by atoms with van der Waals surface area (Å²) in [6, 6.07) is 7.01. The molecule has 0 heterocycles. The molecule has 1 atom stereocenters. The van der Waals surface area contributed by atoms with Crippen LogP contribution in [0.1, 0.15) is 20.8 Å². The number of carbonyl (C=O) groups excluding carboxylic acids is 2. The molecule has 0 saturated heterocycles. The minimum Gasteiger partial charge on any atom is -0.483 e. The highest BCUT2D eigenvalue weighted by atomic mass is 127. The summed E-state index contributed by atoms with van der Waals surface area (Å²) in [5, 5.41) is 2.69. The van der Waals surface area contributed by atoms with Gasteiger partial charge in [-0.15, -0.1) is 0 Å². The Labute approximate surface area is 127 Å². The van der Waals surface area contributed by atoms with E-state index in [2.05, 4.69) is 27.9 Å².